The molecule has 0 aromatic heterocycles. The van der Waals surface area contributed by atoms with E-state index in [0.717, 1.165) is 11.6 Å². The molecule has 0 spiro atoms. The van der Waals surface area contributed by atoms with Gasteiger partial charge in [-0.25, -0.2) is 0 Å². The summed E-state index contributed by atoms with van der Waals surface area (Å²) < 4.78 is 0. The van der Waals surface area contributed by atoms with Crippen LogP contribution >= 0.6 is 0 Å². The van der Waals surface area contributed by atoms with Crippen LogP contribution in [0.25, 0.3) is 0 Å². The Labute approximate surface area is 145 Å². The van der Waals surface area contributed by atoms with E-state index in [1.54, 1.807) is 48.5 Å². The Morgan fingerprint density at radius 1 is 0.680 bits per heavy atom. The molecule has 25 heavy (non-hydrogen) atoms. The smallest absolute Gasteiger partial charge is 0.196 e. The first-order valence-corrected chi connectivity index (χ1v) is 7.74. The molecule has 0 unspecified atom stereocenters. The van der Waals surface area contributed by atoms with Gasteiger partial charge in [-0.3, -0.25) is 9.59 Å². The fourth-order valence-electron chi connectivity index (χ4n) is 2.63. The maximum atomic E-state index is 12.7. The fourth-order valence-corrected chi connectivity index (χ4v) is 2.63. The van der Waals surface area contributed by atoms with Crippen molar-refractivity contribution >= 4 is 11.6 Å². The zero-order chi connectivity index (χ0) is 18.0. The maximum Gasteiger partial charge on any atom is 0.196 e. The van der Waals surface area contributed by atoms with Crippen LogP contribution in [0.4, 0.5) is 0 Å². The van der Waals surface area contributed by atoms with Gasteiger partial charge in [0.2, 0.25) is 0 Å². The van der Waals surface area contributed by atoms with Crippen LogP contribution < -0.4 is 0 Å². The van der Waals surface area contributed by atoms with Gasteiger partial charge in [-0.15, -0.1) is 0 Å². The third kappa shape index (κ3) is 3.28. The molecule has 0 bridgehead atoms. The Bertz CT molecular complexity index is 959. The molecule has 0 aliphatic rings. The van der Waals surface area contributed by atoms with Crippen LogP contribution in [0.1, 0.15) is 37.4 Å². The zero-order valence-electron chi connectivity index (χ0n) is 13.6. The number of phenolic OH excluding ortho intramolecular Hbond substituents is 2. The van der Waals surface area contributed by atoms with Crippen molar-refractivity contribution in [2.75, 3.05) is 0 Å². The number of rotatable bonds is 4. The van der Waals surface area contributed by atoms with Gasteiger partial charge < -0.3 is 10.2 Å². The summed E-state index contributed by atoms with van der Waals surface area (Å²) in [6.45, 7) is 1.86. The van der Waals surface area contributed by atoms with Gasteiger partial charge in [0.25, 0.3) is 0 Å². The summed E-state index contributed by atoms with van der Waals surface area (Å²) >= 11 is 0. The molecule has 0 aliphatic carbocycles. The van der Waals surface area contributed by atoms with Crippen molar-refractivity contribution in [1.82, 2.24) is 0 Å². The standard InChI is InChI=1S/C21H16O4/c1-13-6-5-9-15(10-13)21(25)17-11-16(18(22)12-19(17)23)20(24)14-7-3-2-4-8-14/h2-12,22-23H,1H3. The monoisotopic (exact) mass is 332 g/mol. The Morgan fingerprint density at radius 3 is 1.84 bits per heavy atom. The second-order valence-corrected chi connectivity index (χ2v) is 5.78. The van der Waals surface area contributed by atoms with Crippen molar-refractivity contribution in [2.45, 2.75) is 6.92 Å². The molecule has 4 nitrogen and oxygen atoms in total. The molecule has 0 amide bonds. The number of aromatic hydroxyl groups is 2. The molecule has 3 aromatic carbocycles. The highest BCUT2D eigenvalue weighted by atomic mass is 16.3. The van der Waals surface area contributed by atoms with E-state index >= 15 is 0 Å². The molecule has 124 valence electrons. The van der Waals surface area contributed by atoms with E-state index in [1.165, 1.54) is 6.07 Å². The zero-order valence-corrected chi connectivity index (χ0v) is 13.6. The lowest BCUT2D eigenvalue weighted by molar-refractivity contribution is 0.103. The first kappa shape index (κ1) is 16.5. The highest BCUT2D eigenvalue weighted by Gasteiger charge is 2.21. The second kappa shape index (κ2) is 6.61. The Kier molecular flexibility index (Phi) is 4.35. The summed E-state index contributed by atoms with van der Waals surface area (Å²) in [4.78, 5) is 25.3. The Morgan fingerprint density at radius 2 is 1.24 bits per heavy atom. The van der Waals surface area contributed by atoms with Crippen molar-refractivity contribution in [2.24, 2.45) is 0 Å². The van der Waals surface area contributed by atoms with Gasteiger partial charge in [0.1, 0.15) is 11.5 Å². The van der Waals surface area contributed by atoms with Crippen molar-refractivity contribution in [3.63, 3.8) is 0 Å². The number of carbonyl (C=O) groups is 2. The number of hydrogen-bond acceptors (Lipinski definition) is 4. The number of carbonyl (C=O) groups excluding carboxylic acids is 2. The van der Waals surface area contributed by atoms with Crippen LogP contribution in [0.2, 0.25) is 0 Å². The lowest BCUT2D eigenvalue weighted by atomic mass is 9.95. The predicted octanol–water partition coefficient (Wildman–Crippen LogP) is 3.87. The molecule has 4 heteroatoms. The summed E-state index contributed by atoms with van der Waals surface area (Å²) in [5, 5.41) is 20.1. The van der Waals surface area contributed by atoms with Crippen LogP contribution in [0.15, 0.2) is 66.7 Å². The van der Waals surface area contributed by atoms with Gasteiger partial charge in [0, 0.05) is 17.2 Å². The number of aryl methyl sites for hydroxylation is 1. The van der Waals surface area contributed by atoms with Crippen molar-refractivity contribution in [1.29, 1.82) is 0 Å². The van der Waals surface area contributed by atoms with Gasteiger partial charge in [0.05, 0.1) is 11.1 Å². The average Bonchev–Trinajstić information content (AvgIpc) is 2.61. The quantitative estimate of drug-likeness (QED) is 0.711. The molecule has 3 rings (SSSR count). The Balaban J connectivity index is 2.07. The van der Waals surface area contributed by atoms with Crippen molar-refractivity contribution < 1.29 is 19.8 Å². The molecule has 0 saturated carbocycles. The summed E-state index contributed by atoms with van der Waals surface area (Å²) in [6, 6.07) is 17.7. The molecule has 0 aliphatic heterocycles. The molecule has 0 heterocycles. The van der Waals surface area contributed by atoms with Crippen molar-refractivity contribution in [3.05, 3.63) is 94.5 Å². The van der Waals surface area contributed by atoms with Crippen molar-refractivity contribution in [3.8, 4) is 11.5 Å². The van der Waals surface area contributed by atoms with Crippen LogP contribution in [0, 0.1) is 6.92 Å². The maximum absolute atomic E-state index is 12.7. The van der Waals surface area contributed by atoms with Crippen LogP contribution in [-0.2, 0) is 0 Å². The first-order chi connectivity index (χ1) is 12.0. The normalized spacial score (nSPS) is 10.4. The highest BCUT2D eigenvalue weighted by Crippen LogP contribution is 2.30. The van der Waals surface area contributed by atoms with Gasteiger partial charge >= 0.3 is 0 Å². The van der Waals surface area contributed by atoms with Gasteiger partial charge in [0.15, 0.2) is 11.6 Å². The first-order valence-electron chi connectivity index (χ1n) is 7.74. The summed E-state index contributed by atoms with van der Waals surface area (Å²) in [7, 11) is 0. The topological polar surface area (TPSA) is 74.6 Å². The number of hydrogen-bond donors (Lipinski definition) is 2. The summed E-state index contributed by atoms with van der Waals surface area (Å²) in [5.41, 5.74) is 1.64. The van der Waals surface area contributed by atoms with E-state index in [2.05, 4.69) is 0 Å². The number of phenols is 2. The molecular formula is C21H16O4. The SMILES string of the molecule is Cc1cccc(C(=O)c2cc(C(=O)c3ccccc3)c(O)cc2O)c1. The minimum atomic E-state index is -0.420. The highest BCUT2D eigenvalue weighted by molar-refractivity contribution is 6.15. The van der Waals surface area contributed by atoms with Crippen LogP contribution in [-0.4, -0.2) is 21.8 Å². The lowest BCUT2D eigenvalue weighted by Gasteiger charge is -2.10. The van der Waals surface area contributed by atoms with Gasteiger partial charge in [-0.2, -0.15) is 0 Å². The second-order valence-electron chi connectivity index (χ2n) is 5.78. The molecule has 3 aromatic rings. The minimum absolute atomic E-state index is 0.0253. The van der Waals surface area contributed by atoms with Gasteiger partial charge in [-0.05, 0) is 19.1 Å². The summed E-state index contributed by atoms with van der Waals surface area (Å²) in [6.07, 6.45) is 0. The minimum Gasteiger partial charge on any atom is -0.507 e. The predicted molar refractivity (Wildman–Crippen MR) is 94.3 cm³/mol. The number of benzene rings is 3. The molecular weight excluding hydrogens is 316 g/mol. The Hall–Kier alpha value is -3.40. The molecule has 0 saturated heterocycles. The van der Waals surface area contributed by atoms with E-state index in [0.29, 0.717) is 11.1 Å². The largest absolute Gasteiger partial charge is 0.507 e. The van der Waals surface area contributed by atoms with E-state index < -0.39 is 11.6 Å². The molecule has 0 fully saturated rings. The molecule has 0 radical (unpaired) electrons. The number of ketones is 2. The summed E-state index contributed by atoms with van der Waals surface area (Å²) in [5.74, 6) is -1.57. The third-order valence-electron chi connectivity index (χ3n) is 3.92. The van der Waals surface area contributed by atoms with E-state index in [-0.39, 0.29) is 22.6 Å². The average molecular weight is 332 g/mol. The fraction of sp³-hybridized carbons (Fsp3) is 0.0476. The van der Waals surface area contributed by atoms with E-state index in [1.807, 2.05) is 13.0 Å². The molecule has 0 atom stereocenters. The third-order valence-corrected chi connectivity index (χ3v) is 3.92. The van der Waals surface area contributed by atoms with Gasteiger partial charge in [-0.1, -0.05) is 54.1 Å². The van der Waals surface area contributed by atoms with Crippen LogP contribution in [0.3, 0.4) is 0 Å². The van der Waals surface area contributed by atoms with Crippen LogP contribution in [0.5, 0.6) is 11.5 Å². The van der Waals surface area contributed by atoms with E-state index in [9.17, 15) is 19.8 Å². The van der Waals surface area contributed by atoms with E-state index in [4.69, 9.17) is 0 Å². The molecule has 2 N–H and O–H groups in total. The lowest BCUT2D eigenvalue weighted by Crippen LogP contribution is -2.07.